The molecule has 0 amide bonds. The Kier molecular flexibility index (Phi) is 6.38. The van der Waals surface area contributed by atoms with Crippen LogP contribution in [0.4, 0.5) is 34.1 Å². The van der Waals surface area contributed by atoms with Crippen molar-refractivity contribution in [1.82, 2.24) is 0 Å². The first kappa shape index (κ1) is 29.8. The topological polar surface area (TPSA) is 19.6 Å². The van der Waals surface area contributed by atoms with Crippen molar-refractivity contribution in [2.24, 2.45) is 0 Å². The average molecular weight is 679 g/mol. The van der Waals surface area contributed by atoms with Gasteiger partial charge in [-0.25, -0.2) is 0 Å². The first-order chi connectivity index (χ1) is 26.1. The van der Waals surface area contributed by atoms with Gasteiger partial charge in [-0.05, 0) is 118 Å². The summed E-state index contributed by atoms with van der Waals surface area (Å²) in [6.07, 6.45) is 0. The molecule has 0 bridgehead atoms. The van der Waals surface area contributed by atoms with E-state index in [4.69, 9.17) is 4.42 Å². The predicted octanol–water partition coefficient (Wildman–Crippen LogP) is 14.6. The van der Waals surface area contributed by atoms with Crippen molar-refractivity contribution in [3.8, 4) is 0 Å². The van der Waals surface area contributed by atoms with Crippen molar-refractivity contribution in [1.29, 1.82) is 0 Å². The Morgan fingerprint density at radius 1 is 0.340 bits per heavy atom. The monoisotopic (exact) mass is 678 g/mol. The fourth-order valence-corrected chi connectivity index (χ4v) is 8.82. The molecule has 0 spiro atoms. The molecule has 53 heavy (non-hydrogen) atoms. The Morgan fingerprint density at radius 3 is 1.36 bits per heavy atom. The zero-order valence-electron chi connectivity index (χ0n) is 29.5. The van der Waals surface area contributed by atoms with Crippen LogP contribution >= 0.6 is 0 Å². The number of para-hydroxylation sites is 3. The van der Waals surface area contributed by atoms with Crippen molar-refractivity contribution in [2.45, 2.75) is 13.8 Å². The van der Waals surface area contributed by atoms with E-state index in [-0.39, 0.29) is 0 Å². The third-order valence-corrected chi connectivity index (χ3v) is 11.1. The second-order valence-corrected chi connectivity index (χ2v) is 14.2. The highest BCUT2D eigenvalue weighted by molar-refractivity contribution is 6.29. The molecule has 3 heteroatoms. The van der Waals surface area contributed by atoms with Gasteiger partial charge in [0.05, 0.1) is 17.1 Å². The van der Waals surface area contributed by atoms with E-state index in [0.717, 1.165) is 39.6 Å². The minimum absolute atomic E-state index is 0.904. The van der Waals surface area contributed by atoms with Gasteiger partial charge in [-0.1, -0.05) is 103 Å². The standard InChI is InChI=1S/C50H34N2O/c1-31-27-43(51(35-14-6-3-7-15-35)36-16-8-4-9-17-36)41-25-23-40-32(2)28-44(42-26-24-39(31)49(41)50(40)42)52(37-18-10-5-11-19-37)38-29-34-22-21-33-13-12-20-45-47(33)48(34)46(30-38)53-45/h3-30H,1-2H3. The fourth-order valence-electron chi connectivity index (χ4n) is 8.82. The van der Waals surface area contributed by atoms with Crippen molar-refractivity contribution < 1.29 is 4.42 Å². The smallest absolute Gasteiger partial charge is 0.138 e. The second kappa shape index (κ2) is 11.3. The van der Waals surface area contributed by atoms with Crippen LogP contribution in [0.5, 0.6) is 0 Å². The van der Waals surface area contributed by atoms with Gasteiger partial charge in [-0.2, -0.15) is 0 Å². The lowest BCUT2D eigenvalue weighted by molar-refractivity contribution is 0.669. The number of hydrogen-bond acceptors (Lipinski definition) is 3. The van der Waals surface area contributed by atoms with E-state index in [1.165, 1.54) is 70.7 Å². The number of anilines is 6. The Hall–Kier alpha value is -6.84. The number of nitrogens with zero attached hydrogens (tertiary/aromatic N) is 2. The molecule has 0 atom stereocenters. The van der Waals surface area contributed by atoms with Gasteiger partial charge in [0.1, 0.15) is 11.2 Å². The van der Waals surface area contributed by atoms with E-state index < -0.39 is 0 Å². The highest BCUT2D eigenvalue weighted by Crippen LogP contribution is 2.50. The summed E-state index contributed by atoms with van der Waals surface area (Å²) in [5.41, 5.74) is 11.1. The molecule has 0 unspecified atom stereocenters. The van der Waals surface area contributed by atoms with Gasteiger partial charge >= 0.3 is 0 Å². The minimum Gasteiger partial charge on any atom is -0.456 e. The summed E-state index contributed by atoms with van der Waals surface area (Å²) in [6.45, 7) is 4.50. The van der Waals surface area contributed by atoms with Crippen LogP contribution in [0.1, 0.15) is 11.1 Å². The van der Waals surface area contributed by atoms with Crippen LogP contribution in [-0.4, -0.2) is 0 Å². The van der Waals surface area contributed by atoms with Crippen molar-refractivity contribution in [3.63, 3.8) is 0 Å². The lowest BCUT2D eigenvalue weighted by atomic mass is 9.88. The molecule has 1 aromatic heterocycles. The largest absolute Gasteiger partial charge is 0.456 e. The van der Waals surface area contributed by atoms with Gasteiger partial charge in [0, 0.05) is 44.7 Å². The summed E-state index contributed by atoms with van der Waals surface area (Å²) in [6, 6.07) is 61.5. The summed E-state index contributed by atoms with van der Waals surface area (Å²) < 4.78 is 6.57. The molecule has 0 N–H and O–H groups in total. The van der Waals surface area contributed by atoms with Gasteiger partial charge in [0.15, 0.2) is 0 Å². The number of benzene rings is 10. The Labute approximate surface area is 307 Å². The quantitative estimate of drug-likeness (QED) is 0.163. The molecule has 10 aromatic carbocycles. The Bertz CT molecular complexity index is 3090. The Morgan fingerprint density at radius 2 is 0.811 bits per heavy atom. The molecule has 0 aliphatic rings. The van der Waals surface area contributed by atoms with E-state index >= 15 is 0 Å². The SMILES string of the molecule is Cc1cc(N(c2ccccc2)c2ccccc2)c2ccc3c(C)cc(N(c4ccccc4)c4cc5ccc6cccc7oc(c4)c5c67)c4ccc1c2c34. The molecule has 0 aliphatic heterocycles. The van der Waals surface area contributed by atoms with Crippen LogP contribution in [0.15, 0.2) is 174 Å². The van der Waals surface area contributed by atoms with Crippen LogP contribution in [0.2, 0.25) is 0 Å². The first-order valence-corrected chi connectivity index (χ1v) is 18.3. The number of hydrogen-bond donors (Lipinski definition) is 0. The third-order valence-electron chi connectivity index (χ3n) is 11.1. The highest BCUT2D eigenvalue weighted by Gasteiger charge is 2.24. The van der Waals surface area contributed by atoms with Gasteiger partial charge in [-0.15, -0.1) is 0 Å². The maximum absolute atomic E-state index is 6.57. The van der Waals surface area contributed by atoms with Crippen LogP contribution in [0.25, 0.3) is 65.0 Å². The van der Waals surface area contributed by atoms with Gasteiger partial charge < -0.3 is 14.2 Å². The molecule has 11 aromatic rings. The molecular formula is C50H34N2O. The first-order valence-electron chi connectivity index (χ1n) is 18.3. The predicted molar refractivity (Wildman–Crippen MR) is 225 cm³/mol. The highest BCUT2D eigenvalue weighted by atomic mass is 16.3. The lowest BCUT2D eigenvalue weighted by Gasteiger charge is -2.30. The maximum Gasteiger partial charge on any atom is 0.138 e. The molecule has 0 aliphatic carbocycles. The van der Waals surface area contributed by atoms with E-state index in [9.17, 15) is 0 Å². The molecular weight excluding hydrogens is 645 g/mol. The van der Waals surface area contributed by atoms with Crippen LogP contribution in [0, 0.1) is 13.8 Å². The van der Waals surface area contributed by atoms with Gasteiger partial charge in [-0.3, -0.25) is 0 Å². The number of rotatable bonds is 6. The summed E-state index contributed by atoms with van der Waals surface area (Å²) in [4.78, 5) is 4.81. The number of furan rings is 1. The van der Waals surface area contributed by atoms with E-state index in [1.807, 2.05) is 0 Å². The lowest BCUT2D eigenvalue weighted by Crippen LogP contribution is -2.12. The van der Waals surface area contributed by atoms with Crippen LogP contribution in [0.3, 0.4) is 0 Å². The second-order valence-electron chi connectivity index (χ2n) is 14.2. The van der Waals surface area contributed by atoms with E-state index in [0.29, 0.717) is 0 Å². The van der Waals surface area contributed by atoms with Gasteiger partial charge in [0.25, 0.3) is 0 Å². The van der Waals surface area contributed by atoms with Gasteiger partial charge in [0.2, 0.25) is 0 Å². The van der Waals surface area contributed by atoms with Crippen molar-refractivity contribution in [2.75, 3.05) is 9.80 Å². The molecule has 0 saturated heterocycles. The molecule has 3 nitrogen and oxygen atoms in total. The molecule has 0 saturated carbocycles. The fraction of sp³-hybridized carbons (Fsp3) is 0.0400. The zero-order valence-corrected chi connectivity index (χ0v) is 29.5. The normalized spacial score (nSPS) is 12.0. The van der Waals surface area contributed by atoms with Crippen molar-refractivity contribution in [3.05, 3.63) is 181 Å². The number of aryl methyl sites for hydroxylation is 2. The summed E-state index contributed by atoms with van der Waals surface area (Å²) in [5, 5.41) is 12.3. The summed E-state index contributed by atoms with van der Waals surface area (Å²) in [5.74, 6) is 0. The van der Waals surface area contributed by atoms with Crippen molar-refractivity contribution >= 4 is 99.2 Å². The van der Waals surface area contributed by atoms with Crippen LogP contribution < -0.4 is 9.80 Å². The molecule has 11 rings (SSSR count). The molecule has 0 radical (unpaired) electrons. The summed E-state index contributed by atoms with van der Waals surface area (Å²) >= 11 is 0. The van der Waals surface area contributed by atoms with E-state index in [1.54, 1.807) is 0 Å². The molecule has 1 heterocycles. The Balaban J connectivity index is 1.21. The molecule has 0 fully saturated rings. The minimum atomic E-state index is 0.904. The summed E-state index contributed by atoms with van der Waals surface area (Å²) in [7, 11) is 0. The van der Waals surface area contributed by atoms with Crippen LogP contribution in [-0.2, 0) is 0 Å². The maximum atomic E-state index is 6.57. The average Bonchev–Trinajstić information content (AvgIpc) is 3.59. The zero-order chi connectivity index (χ0) is 35.2. The third kappa shape index (κ3) is 4.41. The molecule has 250 valence electrons. The van der Waals surface area contributed by atoms with E-state index in [2.05, 4.69) is 194 Å².